The van der Waals surface area contributed by atoms with E-state index in [1.807, 2.05) is 36.5 Å². The van der Waals surface area contributed by atoms with E-state index in [4.69, 9.17) is 4.74 Å². The molecule has 0 radical (unpaired) electrons. The van der Waals surface area contributed by atoms with Crippen molar-refractivity contribution in [3.8, 4) is 16.9 Å². The molecular formula is C23H25NO2. The lowest BCUT2D eigenvalue weighted by Crippen LogP contribution is -2.18. The molecule has 0 spiro atoms. The van der Waals surface area contributed by atoms with Crippen molar-refractivity contribution in [2.75, 3.05) is 6.61 Å². The summed E-state index contributed by atoms with van der Waals surface area (Å²) in [6.07, 6.45) is 4.55. The van der Waals surface area contributed by atoms with Gasteiger partial charge in [0.15, 0.2) is 0 Å². The lowest BCUT2D eigenvalue weighted by atomic mass is 9.95. The van der Waals surface area contributed by atoms with Gasteiger partial charge in [0.1, 0.15) is 12.4 Å². The van der Waals surface area contributed by atoms with Gasteiger partial charge in [-0.2, -0.15) is 0 Å². The van der Waals surface area contributed by atoms with E-state index in [2.05, 4.69) is 43.1 Å². The minimum Gasteiger partial charge on any atom is -0.491 e. The minimum atomic E-state index is -0.496. The first-order valence-electron chi connectivity index (χ1n) is 9.00. The van der Waals surface area contributed by atoms with E-state index in [-0.39, 0.29) is 0 Å². The molecule has 1 atom stereocenters. The van der Waals surface area contributed by atoms with Crippen LogP contribution in [0.5, 0.6) is 5.75 Å². The molecule has 1 unspecified atom stereocenters. The van der Waals surface area contributed by atoms with Crippen LogP contribution in [-0.2, 0) is 6.42 Å². The van der Waals surface area contributed by atoms with Crippen molar-refractivity contribution in [3.63, 3.8) is 0 Å². The van der Waals surface area contributed by atoms with Gasteiger partial charge in [-0.3, -0.25) is 4.98 Å². The zero-order valence-corrected chi connectivity index (χ0v) is 15.4. The molecule has 0 aliphatic carbocycles. The summed E-state index contributed by atoms with van der Waals surface area (Å²) in [5.41, 5.74) is 5.94. The van der Waals surface area contributed by atoms with Gasteiger partial charge in [-0.25, -0.2) is 0 Å². The normalized spacial score (nSPS) is 12.0. The first kappa shape index (κ1) is 18.2. The van der Waals surface area contributed by atoms with Gasteiger partial charge >= 0.3 is 0 Å². The van der Waals surface area contributed by atoms with Gasteiger partial charge in [0.05, 0.1) is 6.10 Å². The van der Waals surface area contributed by atoms with Crippen LogP contribution in [0.15, 0.2) is 67.0 Å². The Labute approximate surface area is 155 Å². The first-order valence-corrected chi connectivity index (χ1v) is 9.00. The number of hydrogen-bond acceptors (Lipinski definition) is 3. The van der Waals surface area contributed by atoms with Crippen LogP contribution >= 0.6 is 0 Å². The molecule has 0 saturated carbocycles. The fraction of sp³-hybridized carbons (Fsp3) is 0.261. The highest BCUT2D eigenvalue weighted by atomic mass is 16.5. The van der Waals surface area contributed by atoms with Crippen LogP contribution in [-0.4, -0.2) is 22.8 Å². The van der Waals surface area contributed by atoms with Crippen LogP contribution < -0.4 is 4.74 Å². The molecule has 1 N–H and O–H groups in total. The summed E-state index contributed by atoms with van der Waals surface area (Å²) in [4.78, 5) is 4.10. The van der Waals surface area contributed by atoms with Crippen molar-refractivity contribution in [1.29, 1.82) is 0 Å². The summed E-state index contributed by atoms with van der Waals surface area (Å²) in [5, 5.41) is 10.2. The number of nitrogens with zero attached hydrogens (tertiary/aromatic N) is 1. The number of ether oxygens (including phenoxy) is 1. The fourth-order valence-electron chi connectivity index (χ4n) is 3.22. The number of rotatable bonds is 7. The van der Waals surface area contributed by atoms with Crippen molar-refractivity contribution in [3.05, 3.63) is 83.7 Å². The summed E-state index contributed by atoms with van der Waals surface area (Å²) < 4.78 is 5.84. The Morgan fingerprint density at radius 3 is 2.38 bits per heavy atom. The molecule has 2 aromatic carbocycles. The van der Waals surface area contributed by atoms with Gasteiger partial charge in [0, 0.05) is 12.4 Å². The number of hydrogen-bond donors (Lipinski definition) is 1. The molecule has 1 heterocycles. The SMILES string of the molecule is Cc1cc(OCC(O)CCc2cccnc2)cc(C)c1-c1ccccc1. The Bertz CT molecular complexity index is 808. The minimum absolute atomic E-state index is 0.295. The molecule has 0 saturated heterocycles. The van der Waals surface area contributed by atoms with Crippen molar-refractivity contribution in [2.24, 2.45) is 0 Å². The highest BCUT2D eigenvalue weighted by Crippen LogP contribution is 2.30. The van der Waals surface area contributed by atoms with Gasteiger partial charge in [0.25, 0.3) is 0 Å². The Balaban J connectivity index is 1.60. The Hall–Kier alpha value is -2.65. The molecule has 26 heavy (non-hydrogen) atoms. The van der Waals surface area contributed by atoms with Gasteiger partial charge in [0.2, 0.25) is 0 Å². The van der Waals surface area contributed by atoms with Crippen molar-refractivity contribution in [2.45, 2.75) is 32.8 Å². The van der Waals surface area contributed by atoms with Crippen molar-refractivity contribution >= 4 is 0 Å². The van der Waals surface area contributed by atoms with E-state index in [1.54, 1.807) is 6.20 Å². The molecule has 3 rings (SSSR count). The van der Waals surface area contributed by atoms with E-state index in [9.17, 15) is 5.11 Å². The molecule has 0 aliphatic rings. The molecule has 0 amide bonds. The number of pyridine rings is 1. The molecule has 3 aromatic rings. The lowest BCUT2D eigenvalue weighted by molar-refractivity contribution is 0.100. The molecule has 1 aromatic heterocycles. The van der Waals surface area contributed by atoms with Gasteiger partial charge in [-0.05, 0) is 72.7 Å². The molecular weight excluding hydrogens is 322 g/mol. The number of benzene rings is 2. The third kappa shape index (κ3) is 4.70. The van der Waals surface area contributed by atoms with Crippen LogP contribution in [0.4, 0.5) is 0 Å². The lowest BCUT2D eigenvalue weighted by Gasteiger charge is -2.16. The molecule has 3 nitrogen and oxygen atoms in total. The molecule has 134 valence electrons. The number of aliphatic hydroxyl groups is 1. The second kappa shape index (κ2) is 8.63. The largest absolute Gasteiger partial charge is 0.491 e. The second-order valence-electron chi connectivity index (χ2n) is 6.66. The molecule has 0 fully saturated rings. The molecule has 3 heteroatoms. The maximum atomic E-state index is 10.2. The van der Waals surface area contributed by atoms with Crippen LogP contribution in [0.3, 0.4) is 0 Å². The summed E-state index contributed by atoms with van der Waals surface area (Å²) in [6, 6.07) is 18.4. The fourth-order valence-corrected chi connectivity index (χ4v) is 3.22. The average molecular weight is 347 g/mol. The average Bonchev–Trinajstić information content (AvgIpc) is 2.66. The maximum absolute atomic E-state index is 10.2. The number of aromatic nitrogens is 1. The predicted octanol–water partition coefficient (Wildman–Crippen LogP) is 4.74. The molecule has 0 bridgehead atoms. The van der Waals surface area contributed by atoms with E-state index in [0.717, 1.165) is 17.7 Å². The Morgan fingerprint density at radius 1 is 1.00 bits per heavy atom. The zero-order valence-electron chi connectivity index (χ0n) is 15.4. The first-order chi connectivity index (χ1) is 12.6. The van der Waals surface area contributed by atoms with Crippen molar-refractivity contribution < 1.29 is 9.84 Å². The van der Waals surface area contributed by atoms with Crippen LogP contribution in [0.2, 0.25) is 0 Å². The maximum Gasteiger partial charge on any atom is 0.120 e. The summed E-state index contributed by atoms with van der Waals surface area (Å²) in [7, 11) is 0. The molecule has 0 aliphatic heterocycles. The summed E-state index contributed by atoms with van der Waals surface area (Å²) >= 11 is 0. The van der Waals surface area contributed by atoms with E-state index < -0.39 is 6.10 Å². The summed E-state index contributed by atoms with van der Waals surface area (Å²) in [5.74, 6) is 0.806. The van der Waals surface area contributed by atoms with E-state index >= 15 is 0 Å². The second-order valence-corrected chi connectivity index (χ2v) is 6.66. The van der Waals surface area contributed by atoms with Crippen molar-refractivity contribution in [1.82, 2.24) is 4.98 Å². The van der Waals surface area contributed by atoms with Gasteiger partial charge in [-0.1, -0.05) is 36.4 Å². The zero-order chi connectivity index (χ0) is 18.4. The third-order valence-electron chi connectivity index (χ3n) is 4.50. The Kier molecular flexibility index (Phi) is 6.03. The number of aliphatic hydroxyl groups excluding tert-OH is 1. The Morgan fingerprint density at radius 2 is 1.73 bits per heavy atom. The highest BCUT2D eigenvalue weighted by Gasteiger charge is 2.10. The standard InChI is InChI=1S/C23H25NO2/c1-17-13-22(14-18(2)23(17)20-8-4-3-5-9-20)26-16-21(25)11-10-19-7-6-12-24-15-19/h3-9,12-15,21,25H,10-11,16H2,1-2H3. The predicted molar refractivity (Wildman–Crippen MR) is 105 cm³/mol. The van der Waals surface area contributed by atoms with E-state index in [1.165, 1.54) is 22.3 Å². The van der Waals surface area contributed by atoms with Gasteiger partial charge < -0.3 is 9.84 Å². The monoisotopic (exact) mass is 347 g/mol. The van der Waals surface area contributed by atoms with E-state index in [0.29, 0.717) is 13.0 Å². The van der Waals surface area contributed by atoms with Gasteiger partial charge in [-0.15, -0.1) is 0 Å². The van der Waals surface area contributed by atoms with Crippen LogP contribution in [0.25, 0.3) is 11.1 Å². The number of aryl methyl sites for hydroxylation is 3. The summed E-state index contributed by atoms with van der Waals surface area (Å²) in [6.45, 7) is 4.49. The quantitative estimate of drug-likeness (QED) is 0.671. The highest BCUT2D eigenvalue weighted by molar-refractivity contribution is 5.71. The smallest absolute Gasteiger partial charge is 0.120 e. The third-order valence-corrected chi connectivity index (χ3v) is 4.50. The van der Waals surface area contributed by atoms with Crippen LogP contribution in [0, 0.1) is 13.8 Å². The topological polar surface area (TPSA) is 42.4 Å². The van der Waals surface area contributed by atoms with Crippen LogP contribution in [0.1, 0.15) is 23.1 Å².